The summed E-state index contributed by atoms with van der Waals surface area (Å²) in [5, 5.41) is 0.943. The van der Waals surface area contributed by atoms with E-state index >= 15 is 0 Å². The first-order valence-corrected chi connectivity index (χ1v) is 8.28. The molecule has 1 aromatic carbocycles. The fraction of sp³-hybridized carbons (Fsp3) is 0.625. The summed E-state index contributed by atoms with van der Waals surface area (Å²) in [4.78, 5) is 0. The van der Waals surface area contributed by atoms with Crippen molar-refractivity contribution in [2.24, 2.45) is 0 Å². The molecule has 1 aliphatic heterocycles. The Kier molecular flexibility index (Phi) is 6.35. The maximum Gasteiger partial charge on any atom is 0.0779 e. The Morgan fingerprint density at radius 1 is 1.21 bits per heavy atom. The minimum atomic E-state index is 0.0638. The molecule has 1 saturated heterocycles. The van der Waals surface area contributed by atoms with Crippen LogP contribution in [-0.4, -0.2) is 24.1 Å². The molecule has 0 saturated carbocycles. The van der Waals surface area contributed by atoms with Crippen LogP contribution in [0.15, 0.2) is 30.3 Å². The van der Waals surface area contributed by atoms with Gasteiger partial charge in [-0.3, -0.25) is 0 Å². The van der Waals surface area contributed by atoms with Gasteiger partial charge in [0.1, 0.15) is 0 Å². The van der Waals surface area contributed by atoms with E-state index in [1.807, 2.05) is 18.2 Å². The van der Waals surface area contributed by atoms with Crippen molar-refractivity contribution in [2.75, 3.05) is 18.5 Å². The van der Waals surface area contributed by atoms with Gasteiger partial charge >= 0.3 is 0 Å². The summed E-state index contributed by atoms with van der Waals surface area (Å²) >= 11 is 3.61. The first kappa shape index (κ1) is 15.0. The second-order valence-corrected chi connectivity index (χ2v) is 5.82. The molecule has 3 heteroatoms. The van der Waals surface area contributed by atoms with Crippen molar-refractivity contribution >= 4 is 15.9 Å². The summed E-state index contributed by atoms with van der Waals surface area (Å²) in [5.74, 6) is 0. The van der Waals surface area contributed by atoms with E-state index in [0.717, 1.165) is 31.4 Å². The zero-order valence-corrected chi connectivity index (χ0v) is 13.0. The summed E-state index contributed by atoms with van der Waals surface area (Å²) in [6.45, 7) is 2.44. The number of rotatable bonds is 7. The normalized spacial score (nSPS) is 23.4. The van der Waals surface area contributed by atoms with Gasteiger partial charge in [0, 0.05) is 18.5 Å². The molecular formula is C16H23BrO2. The van der Waals surface area contributed by atoms with Gasteiger partial charge < -0.3 is 9.47 Å². The van der Waals surface area contributed by atoms with Crippen molar-refractivity contribution < 1.29 is 9.47 Å². The third-order valence-electron chi connectivity index (χ3n) is 3.71. The number of ether oxygens (including phenoxy) is 2. The van der Waals surface area contributed by atoms with Gasteiger partial charge in [-0.25, -0.2) is 0 Å². The number of benzene rings is 1. The van der Waals surface area contributed by atoms with Crippen LogP contribution in [0.1, 0.15) is 37.7 Å². The molecule has 0 aliphatic carbocycles. The highest BCUT2D eigenvalue weighted by molar-refractivity contribution is 9.09. The molecular weight excluding hydrogens is 304 g/mol. The molecule has 0 aromatic heterocycles. The van der Waals surface area contributed by atoms with Crippen molar-refractivity contribution in [3.63, 3.8) is 0 Å². The molecule has 0 spiro atoms. The van der Waals surface area contributed by atoms with Crippen molar-refractivity contribution in [3.8, 4) is 0 Å². The highest BCUT2D eigenvalue weighted by Crippen LogP contribution is 2.31. The van der Waals surface area contributed by atoms with Crippen LogP contribution in [-0.2, 0) is 16.1 Å². The SMILES string of the molecule is BrCC1(CCCOCc2ccccc2)CCCCO1. The third-order valence-corrected chi connectivity index (χ3v) is 4.73. The van der Waals surface area contributed by atoms with Gasteiger partial charge in [-0.1, -0.05) is 46.3 Å². The van der Waals surface area contributed by atoms with Gasteiger partial charge in [-0.05, 0) is 37.7 Å². The van der Waals surface area contributed by atoms with Crippen LogP contribution in [0.2, 0.25) is 0 Å². The number of alkyl halides is 1. The molecule has 2 nitrogen and oxygen atoms in total. The third kappa shape index (κ3) is 4.90. The van der Waals surface area contributed by atoms with Crippen molar-refractivity contribution in [1.29, 1.82) is 0 Å². The fourth-order valence-electron chi connectivity index (χ4n) is 2.54. The predicted octanol–water partition coefficient (Wildman–Crippen LogP) is 4.32. The molecule has 1 aromatic rings. The lowest BCUT2D eigenvalue weighted by molar-refractivity contribution is -0.0699. The highest BCUT2D eigenvalue weighted by Gasteiger charge is 2.31. The lowest BCUT2D eigenvalue weighted by atomic mass is 9.91. The van der Waals surface area contributed by atoms with E-state index in [9.17, 15) is 0 Å². The monoisotopic (exact) mass is 326 g/mol. The Hall–Kier alpha value is -0.380. The van der Waals surface area contributed by atoms with E-state index in [2.05, 4.69) is 28.1 Å². The molecule has 2 rings (SSSR count). The lowest BCUT2D eigenvalue weighted by Crippen LogP contribution is -2.38. The molecule has 0 N–H and O–H groups in total. The van der Waals surface area contributed by atoms with E-state index in [0.29, 0.717) is 6.61 Å². The Morgan fingerprint density at radius 2 is 2.05 bits per heavy atom. The topological polar surface area (TPSA) is 18.5 Å². The lowest BCUT2D eigenvalue weighted by Gasteiger charge is -2.36. The largest absolute Gasteiger partial charge is 0.377 e. The van der Waals surface area contributed by atoms with E-state index in [4.69, 9.17) is 9.47 Å². The van der Waals surface area contributed by atoms with E-state index in [1.54, 1.807) is 0 Å². The van der Waals surface area contributed by atoms with E-state index in [1.165, 1.54) is 24.8 Å². The Morgan fingerprint density at radius 3 is 2.74 bits per heavy atom. The van der Waals surface area contributed by atoms with Crippen LogP contribution >= 0.6 is 15.9 Å². The smallest absolute Gasteiger partial charge is 0.0779 e. The number of hydrogen-bond acceptors (Lipinski definition) is 2. The van der Waals surface area contributed by atoms with Crippen LogP contribution in [0, 0.1) is 0 Å². The fourth-order valence-corrected chi connectivity index (χ4v) is 3.26. The van der Waals surface area contributed by atoms with Crippen LogP contribution < -0.4 is 0 Å². The van der Waals surface area contributed by atoms with E-state index < -0.39 is 0 Å². The first-order valence-electron chi connectivity index (χ1n) is 7.16. The van der Waals surface area contributed by atoms with E-state index in [-0.39, 0.29) is 5.60 Å². The minimum absolute atomic E-state index is 0.0638. The molecule has 19 heavy (non-hydrogen) atoms. The zero-order chi connectivity index (χ0) is 13.4. The quantitative estimate of drug-likeness (QED) is 0.549. The predicted molar refractivity (Wildman–Crippen MR) is 81.7 cm³/mol. The standard InChI is InChI=1S/C16H23BrO2/c17-14-16(9-4-5-12-19-16)10-6-11-18-13-15-7-2-1-3-8-15/h1-3,7-8H,4-6,9-14H2. The highest BCUT2D eigenvalue weighted by atomic mass is 79.9. The summed E-state index contributed by atoms with van der Waals surface area (Å²) < 4.78 is 11.7. The van der Waals surface area contributed by atoms with Crippen LogP contribution in [0.3, 0.4) is 0 Å². The molecule has 1 fully saturated rings. The minimum Gasteiger partial charge on any atom is -0.377 e. The van der Waals surface area contributed by atoms with Gasteiger partial charge in [-0.15, -0.1) is 0 Å². The number of hydrogen-bond donors (Lipinski definition) is 0. The second-order valence-electron chi connectivity index (χ2n) is 5.26. The van der Waals surface area contributed by atoms with Crippen molar-refractivity contribution in [1.82, 2.24) is 0 Å². The number of halogens is 1. The summed E-state index contributed by atoms with van der Waals surface area (Å²) in [6.07, 6.45) is 5.83. The van der Waals surface area contributed by atoms with Gasteiger partial charge in [0.25, 0.3) is 0 Å². The average Bonchev–Trinajstić information content (AvgIpc) is 2.49. The first-order chi connectivity index (χ1) is 9.35. The molecule has 0 bridgehead atoms. The van der Waals surface area contributed by atoms with Gasteiger partial charge in [0.15, 0.2) is 0 Å². The Balaban J connectivity index is 1.63. The van der Waals surface area contributed by atoms with Gasteiger partial charge in [-0.2, -0.15) is 0 Å². The zero-order valence-electron chi connectivity index (χ0n) is 11.4. The van der Waals surface area contributed by atoms with Crippen molar-refractivity contribution in [3.05, 3.63) is 35.9 Å². The Bertz CT molecular complexity index is 347. The maximum absolute atomic E-state index is 5.98. The van der Waals surface area contributed by atoms with Crippen LogP contribution in [0.25, 0.3) is 0 Å². The molecule has 0 amide bonds. The molecule has 106 valence electrons. The summed E-state index contributed by atoms with van der Waals surface area (Å²) in [6, 6.07) is 10.3. The van der Waals surface area contributed by atoms with Crippen LogP contribution in [0.4, 0.5) is 0 Å². The molecule has 0 radical (unpaired) electrons. The summed E-state index contributed by atoms with van der Waals surface area (Å²) in [7, 11) is 0. The second kappa shape index (κ2) is 8.03. The van der Waals surface area contributed by atoms with Crippen LogP contribution in [0.5, 0.6) is 0 Å². The van der Waals surface area contributed by atoms with Crippen molar-refractivity contribution in [2.45, 2.75) is 44.3 Å². The molecule has 1 unspecified atom stereocenters. The average molecular weight is 327 g/mol. The molecule has 1 heterocycles. The van der Waals surface area contributed by atoms with Gasteiger partial charge in [0.05, 0.1) is 12.2 Å². The Labute approximate surface area is 124 Å². The maximum atomic E-state index is 5.98. The molecule has 1 aliphatic rings. The van der Waals surface area contributed by atoms with Gasteiger partial charge in [0.2, 0.25) is 0 Å². The molecule has 1 atom stereocenters. The summed E-state index contributed by atoms with van der Waals surface area (Å²) in [5.41, 5.74) is 1.31.